The van der Waals surface area contributed by atoms with Crippen LogP contribution in [0.1, 0.15) is 21.5 Å². The van der Waals surface area contributed by atoms with Crippen LogP contribution in [0.4, 0.5) is 0 Å². The van der Waals surface area contributed by atoms with Gasteiger partial charge in [0, 0.05) is 16.8 Å². The summed E-state index contributed by atoms with van der Waals surface area (Å²) in [7, 11) is 0. The van der Waals surface area contributed by atoms with Gasteiger partial charge in [-0.15, -0.1) is 0 Å². The highest BCUT2D eigenvalue weighted by Gasteiger charge is 2.08. The predicted octanol–water partition coefficient (Wildman–Crippen LogP) is 1.10. The zero-order chi connectivity index (χ0) is 16.2. The van der Waals surface area contributed by atoms with E-state index >= 15 is 0 Å². The number of hydrogen-bond acceptors (Lipinski definition) is 6. The standard InChI is InChI=1S/C15H9N5O3/c16-8-10-1-4-12(5-2-10)15(21)18-17-9-11-3-6-14-13(7-11)19-23-20(14)22/h1-7,9H,(H,18,21)/b17-9+. The summed E-state index contributed by atoms with van der Waals surface area (Å²) in [5.41, 5.74) is 4.58. The van der Waals surface area contributed by atoms with Gasteiger partial charge in [0.1, 0.15) is 0 Å². The lowest BCUT2D eigenvalue weighted by Gasteiger charge is -1.99. The summed E-state index contributed by atoms with van der Waals surface area (Å²) in [4.78, 5) is 12.2. The zero-order valence-corrected chi connectivity index (χ0v) is 11.6. The van der Waals surface area contributed by atoms with Crippen molar-refractivity contribution in [3.05, 3.63) is 64.4 Å². The Kier molecular flexibility index (Phi) is 3.68. The third-order valence-corrected chi connectivity index (χ3v) is 3.07. The van der Waals surface area contributed by atoms with E-state index in [2.05, 4.69) is 20.3 Å². The second-order valence-electron chi connectivity index (χ2n) is 4.57. The maximum Gasteiger partial charge on any atom is 0.271 e. The first-order chi connectivity index (χ1) is 11.2. The van der Waals surface area contributed by atoms with Crippen molar-refractivity contribution in [2.75, 3.05) is 0 Å². The number of hydrogen-bond donors (Lipinski definition) is 1. The van der Waals surface area contributed by atoms with Crippen LogP contribution in [0, 0.1) is 16.5 Å². The van der Waals surface area contributed by atoms with Gasteiger partial charge in [-0.2, -0.15) is 10.4 Å². The van der Waals surface area contributed by atoms with E-state index in [0.29, 0.717) is 32.6 Å². The van der Waals surface area contributed by atoms with Gasteiger partial charge in [0.15, 0.2) is 0 Å². The van der Waals surface area contributed by atoms with Gasteiger partial charge in [-0.05, 0) is 46.9 Å². The Morgan fingerprint density at radius 2 is 2.13 bits per heavy atom. The average Bonchev–Trinajstić information content (AvgIpc) is 2.95. The summed E-state index contributed by atoms with van der Waals surface area (Å²) in [5.74, 6) is -0.398. The number of hydrazone groups is 1. The van der Waals surface area contributed by atoms with E-state index < -0.39 is 5.91 Å². The molecule has 112 valence electrons. The van der Waals surface area contributed by atoms with Crippen LogP contribution in [-0.4, -0.2) is 17.3 Å². The molecule has 1 aromatic heterocycles. The molecule has 1 N–H and O–H groups in total. The van der Waals surface area contributed by atoms with E-state index in [1.807, 2.05) is 6.07 Å². The van der Waals surface area contributed by atoms with E-state index in [4.69, 9.17) is 5.26 Å². The summed E-state index contributed by atoms with van der Waals surface area (Å²) in [6.07, 6.45) is 1.42. The van der Waals surface area contributed by atoms with Crippen LogP contribution < -0.4 is 10.3 Å². The van der Waals surface area contributed by atoms with Gasteiger partial charge in [0.2, 0.25) is 11.0 Å². The lowest BCUT2D eigenvalue weighted by Crippen LogP contribution is -2.22. The summed E-state index contributed by atoms with van der Waals surface area (Å²) in [6, 6.07) is 12.9. The maximum absolute atomic E-state index is 11.9. The van der Waals surface area contributed by atoms with Crippen LogP contribution in [0.3, 0.4) is 0 Å². The molecule has 0 unspecified atom stereocenters. The van der Waals surface area contributed by atoms with Crippen LogP contribution in [-0.2, 0) is 0 Å². The number of rotatable bonds is 3. The minimum atomic E-state index is -0.398. The van der Waals surface area contributed by atoms with Gasteiger partial charge in [0.05, 0.1) is 17.8 Å². The minimum absolute atomic E-state index is 0.308. The van der Waals surface area contributed by atoms with E-state index in [1.54, 1.807) is 30.3 Å². The van der Waals surface area contributed by atoms with Gasteiger partial charge in [-0.25, -0.2) is 5.43 Å². The van der Waals surface area contributed by atoms with Crippen LogP contribution in [0.5, 0.6) is 0 Å². The van der Waals surface area contributed by atoms with Crippen LogP contribution in [0.15, 0.2) is 52.2 Å². The van der Waals surface area contributed by atoms with Crippen LogP contribution in [0.25, 0.3) is 11.0 Å². The van der Waals surface area contributed by atoms with Crippen molar-refractivity contribution < 1.29 is 14.3 Å². The van der Waals surface area contributed by atoms with E-state index in [1.165, 1.54) is 18.3 Å². The number of nitriles is 1. The summed E-state index contributed by atoms with van der Waals surface area (Å²) < 4.78 is 4.46. The zero-order valence-electron chi connectivity index (χ0n) is 11.6. The molecule has 1 amide bonds. The molecule has 0 radical (unpaired) electrons. The van der Waals surface area contributed by atoms with Crippen molar-refractivity contribution in [1.29, 1.82) is 5.26 Å². The summed E-state index contributed by atoms with van der Waals surface area (Å²) in [5, 5.41) is 27.3. The number of benzene rings is 2. The molecule has 0 spiro atoms. The second kappa shape index (κ2) is 5.95. The molecule has 0 atom stereocenters. The smallest absolute Gasteiger partial charge is 0.271 e. The van der Waals surface area contributed by atoms with E-state index in [0.717, 1.165) is 0 Å². The maximum atomic E-state index is 11.9. The quantitative estimate of drug-likeness (QED) is 0.441. The van der Waals surface area contributed by atoms with Crippen molar-refractivity contribution in [3.63, 3.8) is 0 Å². The van der Waals surface area contributed by atoms with E-state index in [9.17, 15) is 10.0 Å². The van der Waals surface area contributed by atoms with Gasteiger partial charge in [-0.3, -0.25) is 9.42 Å². The Bertz CT molecular complexity index is 938. The fourth-order valence-corrected chi connectivity index (χ4v) is 1.90. The number of amides is 1. The Morgan fingerprint density at radius 1 is 1.35 bits per heavy atom. The molecule has 0 saturated carbocycles. The molecule has 0 aliphatic rings. The summed E-state index contributed by atoms with van der Waals surface area (Å²) in [6.45, 7) is 0. The molecule has 0 bridgehead atoms. The van der Waals surface area contributed by atoms with Crippen molar-refractivity contribution in [3.8, 4) is 6.07 Å². The molecule has 23 heavy (non-hydrogen) atoms. The Morgan fingerprint density at radius 3 is 2.87 bits per heavy atom. The SMILES string of the molecule is N#Cc1ccc(C(=O)N/N=C/c2ccc3c(c2)no[n+]3[O-])cc1. The fourth-order valence-electron chi connectivity index (χ4n) is 1.90. The molecule has 0 fully saturated rings. The number of nitrogens with one attached hydrogen (secondary N) is 1. The molecule has 3 aromatic rings. The first kappa shape index (κ1) is 14.2. The number of carbonyl (C=O) groups excluding carboxylic acids is 1. The normalized spacial score (nSPS) is 10.7. The largest absolute Gasteiger partial charge is 0.359 e. The average molecular weight is 307 g/mol. The predicted molar refractivity (Wildman–Crippen MR) is 79.2 cm³/mol. The summed E-state index contributed by atoms with van der Waals surface area (Å²) >= 11 is 0. The van der Waals surface area contributed by atoms with Gasteiger partial charge in [0.25, 0.3) is 5.91 Å². The van der Waals surface area contributed by atoms with Crippen molar-refractivity contribution in [2.24, 2.45) is 5.10 Å². The lowest BCUT2D eigenvalue weighted by molar-refractivity contribution is -0.782. The van der Waals surface area contributed by atoms with E-state index in [-0.39, 0.29) is 0 Å². The molecular formula is C15H9N5O3. The Balaban J connectivity index is 1.69. The fraction of sp³-hybridized carbons (Fsp3) is 0. The molecule has 8 heteroatoms. The van der Waals surface area contributed by atoms with Crippen LogP contribution >= 0.6 is 0 Å². The number of carbonyl (C=O) groups is 1. The third kappa shape index (κ3) is 2.98. The van der Waals surface area contributed by atoms with Gasteiger partial charge >= 0.3 is 0 Å². The molecular weight excluding hydrogens is 298 g/mol. The number of nitrogens with zero attached hydrogens (tertiary/aromatic N) is 4. The third-order valence-electron chi connectivity index (χ3n) is 3.07. The number of fused-ring (bicyclic) bond motifs is 1. The highest BCUT2D eigenvalue weighted by Crippen LogP contribution is 2.08. The van der Waals surface area contributed by atoms with Crippen molar-refractivity contribution >= 4 is 23.2 Å². The Labute approximate surface area is 129 Å². The Hall–Kier alpha value is -3.73. The lowest BCUT2D eigenvalue weighted by atomic mass is 10.1. The van der Waals surface area contributed by atoms with Gasteiger partial charge < -0.3 is 5.21 Å². The van der Waals surface area contributed by atoms with Crippen molar-refractivity contribution in [2.45, 2.75) is 0 Å². The highest BCUT2D eigenvalue weighted by atomic mass is 16.8. The first-order valence-corrected chi connectivity index (χ1v) is 6.50. The molecule has 1 heterocycles. The topological polar surface area (TPSA) is 118 Å². The highest BCUT2D eigenvalue weighted by molar-refractivity contribution is 5.95. The minimum Gasteiger partial charge on any atom is -0.359 e. The molecule has 0 aliphatic heterocycles. The van der Waals surface area contributed by atoms with Crippen molar-refractivity contribution in [1.82, 2.24) is 10.6 Å². The number of aromatic nitrogens is 2. The molecule has 0 saturated heterocycles. The monoisotopic (exact) mass is 307 g/mol. The first-order valence-electron chi connectivity index (χ1n) is 6.50. The molecule has 8 nitrogen and oxygen atoms in total. The second-order valence-corrected chi connectivity index (χ2v) is 4.57. The van der Waals surface area contributed by atoms with Gasteiger partial charge in [-0.1, -0.05) is 0 Å². The van der Waals surface area contributed by atoms with Crippen LogP contribution in [0.2, 0.25) is 0 Å². The molecule has 3 rings (SSSR count). The molecule has 0 aliphatic carbocycles. The molecule has 2 aromatic carbocycles.